The molecule has 0 amide bonds. The zero-order valence-electron chi connectivity index (χ0n) is 7.94. The second-order valence-electron chi connectivity index (χ2n) is 3.74. The largest absolute Gasteiger partial charge is 0.326 e. The fourth-order valence-corrected chi connectivity index (χ4v) is 2.69. The molecule has 0 saturated carbocycles. The fourth-order valence-electron chi connectivity index (χ4n) is 1.88. The van der Waals surface area contributed by atoms with Gasteiger partial charge in [0.25, 0.3) is 0 Å². The molecule has 0 aliphatic carbocycles. The van der Waals surface area contributed by atoms with Crippen molar-refractivity contribution in [3.63, 3.8) is 0 Å². The number of nitrogens with zero attached hydrogens (tertiary/aromatic N) is 1. The lowest BCUT2D eigenvalue weighted by molar-refractivity contribution is 0.263. The van der Waals surface area contributed by atoms with Gasteiger partial charge in [0.15, 0.2) is 0 Å². The van der Waals surface area contributed by atoms with Crippen molar-refractivity contribution < 1.29 is 0 Å². The van der Waals surface area contributed by atoms with Crippen LogP contribution < -0.4 is 5.73 Å². The van der Waals surface area contributed by atoms with E-state index >= 15 is 0 Å². The number of likely N-dealkylation sites (tertiary alicyclic amines) is 1. The first kappa shape index (κ1) is 9.19. The minimum atomic E-state index is 0.391. The van der Waals surface area contributed by atoms with Crippen LogP contribution in [0.2, 0.25) is 0 Å². The van der Waals surface area contributed by atoms with Gasteiger partial charge in [-0.2, -0.15) is 0 Å². The Hall–Kier alpha value is -0.380. The number of nitrogens with two attached hydrogens (primary N) is 1. The van der Waals surface area contributed by atoms with Crippen molar-refractivity contribution in [3.8, 4) is 0 Å². The lowest BCUT2D eigenvalue weighted by atomic mass is 10.2. The van der Waals surface area contributed by atoms with Gasteiger partial charge in [-0.05, 0) is 24.8 Å². The lowest BCUT2D eigenvalue weighted by Crippen LogP contribution is -2.28. The smallest absolute Gasteiger partial charge is 0.0413 e. The standard InChI is InChI=1S/C10H16N2S/c1-8(10-3-2-6-13-10)12-5-4-9(11)7-12/h2-3,6,8-9H,4-5,7,11H2,1H3/t8-,9-/m0/s1. The van der Waals surface area contributed by atoms with E-state index in [1.807, 2.05) is 11.3 Å². The molecule has 3 heteroatoms. The Morgan fingerprint density at radius 1 is 1.69 bits per heavy atom. The molecule has 0 spiro atoms. The Bertz CT molecular complexity index is 258. The van der Waals surface area contributed by atoms with Crippen LogP contribution in [0, 0.1) is 0 Å². The Balaban J connectivity index is 2.02. The highest BCUT2D eigenvalue weighted by molar-refractivity contribution is 7.10. The molecule has 1 aliphatic rings. The maximum atomic E-state index is 5.88. The van der Waals surface area contributed by atoms with E-state index in [0.29, 0.717) is 12.1 Å². The van der Waals surface area contributed by atoms with Crippen molar-refractivity contribution >= 4 is 11.3 Å². The Morgan fingerprint density at radius 2 is 2.54 bits per heavy atom. The molecule has 1 aromatic rings. The molecule has 2 N–H and O–H groups in total. The van der Waals surface area contributed by atoms with E-state index in [4.69, 9.17) is 5.73 Å². The van der Waals surface area contributed by atoms with E-state index in [-0.39, 0.29) is 0 Å². The molecule has 2 atom stereocenters. The summed E-state index contributed by atoms with van der Waals surface area (Å²) in [6, 6.07) is 5.27. The molecule has 0 aromatic carbocycles. The summed E-state index contributed by atoms with van der Waals surface area (Å²) in [7, 11) is 0. The average Bonchev–Trinajstić information content (AvgIpc) is 2.72. The predicted molar refractivity (Wildman–Crippen MR) is 56.9 cm³/mol. The first-order chi connectivity index (χ1) is 6.27. The highest BCUT2D eigenvalue weighted by atomic mass is 32.1. The van der Waals surface area contributed by atoms with Gasteiger partial charge in [-0.25, -0.2) is 0 Å². The Labute approximate surface area is 83.4 Å². The third-order valence-electron chi connectivity index (χ3n) is 2.76. The second kappa shape index (κ2) is 3.78. The van der Waals surface area contributed by atoms with Gasteiger partial charge in [0.2, 0.25) is 0 Å². The highest BCUT2D eigenvalue weighted by Gasteiger charge is 2.24. The minimum Gasteiger partial charge on any atom is -0.326 e. The predicted octanol–water partition coefficient (Wildman–Crippen LogP) is 1.84. The summed E-state index contributed by atoms with van der Waals surface area (Å²) in [4.78, 5) is 3.92. The summed E-state index contributed by atoms with van der Waals surface area (Å²) in [5.74, 6) is 0. The van der Waals surface area contributed by atoms with E-state index in [9.17, 15) is 0 Å². The monoisotopic (exact) mass is 196 g/mol. The molecule has 1 fully saturated rings. The summed E-state index contributed by atoms with van der Waals surface area (Å²) in [6.45, 7) is 4.48. The van der Waals surface area contributed by atoms with Crippen LogP contribution >= 0.6 is 11.3 Å². The Kier molecular flexibility index (Phi) is 2.67. The first-order valence-electron chi connectivity index (χ1n) is 4.80. The molecule has 1 aromatic heterocycles. The van der Waals surface area contributed by atoms with Gasteiger partial charge < -0.3 is 5.73 Å². The van der Waals surface area contributed by atoms with Crippen molar-refractivity contribution in [2.45, 2.75) is 25.4 Å². The fraction of sp³-hybridized carbons (Fsp3) is 0.600. The molecule has 1 saturated heterocycles. The number of rotatable bonds is 2. The molecular weight excluding hydrogens is 180 g/mol. The molecule has 0 bridgehead atoms. The zero-order chi connectivity index (χ0) is 9.26. The molecule has 0 radical (unpaired) electrons. The molecule has 1 aliphatic heterocycles. The number of hydrogen-bond acceptors (Lipinski definition) is 3. The molecule has 2 nitrogen and oxygen atoms in total. The van der Waals surface area contributed by atoms with Crippen molar-refractivity contribution in [3.05, 3.63) is 22.4 Å². The van der Waals surface area contributed by atoms with E-state index in [0.717, 1.165) is 19.5 Å². The Morgan fingerprint density at radius 3 is 3.08 bits per heavy atom. The van der Waals surface area contributed by atoms with E-state index in [2.05, 4.69) is 29.3 Å². The quantitative estimate of drug-likeness (QED) is 0.782. The topological polar surface area (TPSA) is 29.3 Å². The number of thiophene rings is 1. The average molecular weight is 196 g/mol. The summed E-state index contributed by atoms with van der Waals surface area (Å²) < 4.78 is 0. The summed E-state index contributed by atoms with van der Waals surface area (Å²) in [6.07, 6.45) is 1.15. The zero-order valence-corrected chi connectivity index (χ0v) is 8.76. The maximum Gasteiger partial charge on any atom is 0.0413 e. The van der Waals surface area contributed by atoms with Gasteiger partial charge >= 0.3 is 0 Å². The van der Waals surface area contributed by atoms with E-state index < -0.39 is 0 Å². The lowest BCUT2D eigenvalue weighted by Gasteiger charge is -2.22. The van der Waals surface area contributed by atoms with Gasteiger partial charge in [0.1, 0.15) is 0 Å². The molecule has 13 heavy (non-hydrogen) atoms. The third-order valence-corrected chi connectivity index (χ3v) is 3.80. The van der Waals surface area contributed by atoms with Crippen LogP contribution in [0.4, 0.5) is 0 Å². The van der Waals surface area contributed by atoms with Gasteiger partial charge in [-0.15, -0.1) is 11.3 Å². The van der Waals surface area contributed by atoms with Crippen molar-refractivity contribution in [2.24, 2.45) is 5.73 Å². The second-order valence-corrected chi connectivity index (χ2v) is 4.71. The van der Waals surface area contributed by atoms with Crippen molar-refractivity contribution in [1.29, 1.82) is 0 Å². The van der Waals surface area contributed by atoms with Crippen LogP contribution in [0.15, 0.2) is 17.5 Å². The van der Waals surface area contributed by atoms with Gasteiger partial charge in [-0.1, -0.05) is 6.07 Å². The first-order valence-corrected chi connectivity index (χ1v) is 5.68. The molecule has 0 unspecified atom stereocenters. The van der Waals surface area contributed by atoms with E-state index in [1.54, 1.807) is 0 Å². The van der Waals surface area contributed by atoms with Crippen LogP contribution in [-0.4, -0.2) is 24.0 Å². The van der Waals surface area contributed by atoms with E-state index in [1.165, 1.54) is 4.88 Å². The van der Waals surface area contributed by atoms with Crippen molar-refractivity contribution in [1.82, 2.24) is 4.90 Å². The normalized spacial score (nSPS) is 26.5. The molecule has 72 valence electrons. The highest BCUT2D eigenvalue weighted by Crippen LogP contribution is 2.27. The minimum absolute atomic E-state index is 0.391. The summed E-state index contributed by atoms with van der Waals surface area (Å²) in [5, 5.41) is 2.14. The third kappa shape index (κ3) is 1.93. The maximum absolute atomic E-state index is 5.88. The molecule has 2 rings (SSSR count). The van der Waals surface area contributed by atoms with Gasteiger partial charge in [-0.3, -0.25) is 4.90 Å². The molecular formula is C10H16N2S. The summed E-state index contributed by atoms with van der Waals surface area (Å²) in [5.41, 5.74) is 5.88. The van der Waals surface area contributed by atoms with Crippen LogP contribution in [-0.2, 0) is 0 Å². The van der Waals surface area contributed by atoms with Crippen LogP contribution in [0.25, 0.3) is 0 Å². The van der Waals surface area contributed by atoms with Gasteiger partial charge in [0, 0.05) is 30.1 Å². The van der Waals surface area contributed by atoms with Crippen LogP contribution in [0.1, 0.15) is 24.3 Å². The van der Waals surface area contributed by atoms with Crippen LogP contribution in [0.3, 0.4) is 0 Å². The van der Waals surface area contributed by atoms with Crippen LogP contribution in [0.5, 0.6) is 0 Å². The molecule has 2 heterocycles. The van der Waals surface area contributed by atoms with Crippen molar-refractivity contribution in [2.75, 3.05) is 13.1 Å². The summed E-state index contributed by atoms with van der Waals surface area (Å²) >= 11 is 1.84. The SMILES string of the molecule is C[C@@H](c1cccs1)N1CC[C@H](N)C1. The number of hydrogen-bond donors (Lipinski definition) is 1. The van der Waals surface area contributed by atoms with Gasteiger partial charge in [0.05, 0.1) is 0 Å².